The molecule has 0 spiro atoms. The molecule has 1 saturated heterocycles. The number of aliphatic carboxylic acids is 1. The lowest BCUT2D eigenvalue weighted by Gasteiger charge is -2.27. The molecule has 1 aromatic carbocycles. The Bertz CT molecular complexity index is 341. The number of ether oxygens (including phenoxy) is 2. The van der Waals surface area contributed by atoms with Crippen molar-refractivity contribution in [2.75, 3.05) is 13.2 Å². The van der Waals surface area contributed by atoms with Crippen molar-refractivity contribution in [2.45, 2.75) is 18.6 Å². The zero-order valence-corrected chi connectivity index (χ0v) is 8.83. The Morgan fingerprint density at radius 3 is 2.56 bits per heavy atom. The highest BCUT2D eigenvalue weighted by molar-refractivity contribution is 5.72. The first-order chi connectivity index (χ1) is 7.75. The number of hydrogen-bond acceptors (Lipinski definition) is 3. The van der Waals surface area contributed by atoms with Gasteiger partial charge in [-0.25, -0.2) is 4.79 Å². The van der Waals surface area contributed by atoms with Crippen LogP contribution >= 0.6 is 0 Å². The van der Waals surface area contributed by atoms with Crippen LogP contribution in [0.15, 0.2) is 30.3 Å². The van der Waals surface area contributed by atoms with Crippen LogP contribution < -0.4 is 0 Å². The first-order valence-electron chi connectivity index (χ1n) is 5.25. The van der Waals surface area contributed by atoms with Gasteiger partial charge in [0.25, 0.3) is 0 Å². The van der Waals surface area contributed by atoms with Crippen LogP contribution in [0.2, 0.25) is 0 Å². The molecule has 1 heterocycles. The first-order valence-corrected chi connectivity index (χ1v) is 5.25. The van der Waals surface area contributed by atoms with Crippen molar-refractivity contribution in [3.05, 3.63) is 35.9 Å². The highest BCUT2D eigenvalue weighted by Gasteiger charge is 2.27. The molecule has 4 nitrogen and oxygen atoms in total. The molecular formula is C12H14O4. The van der Waals surface area contributed by atoms with Crippen LogP contribution in [-0.2, 0) is 20.7 Å². The summed E-state index contributed by atoms with van der Waals surface area (Å²) < 4.78 is 10.6. The average molecular weight is 222 g/mol. The van der Waals surface area contributed by atoms with Crippen LogP contribution in [0.25, 0.3) is 0 Å². The van der Waals surface area contributed by atoms with Crippen molar-refractivity contribution in [1.29, 1.82) is 0 Å². The summed E-state index contributed by atoms with van der Waals surface area (Å²) in [6, 6.07) is 9.94. The van der Waals surface area contributed by atoms with Gasteiger partial charge in [0.15, 0.2) is 6.10 Å². The SMILES string of the molecule is O=C(O)C1COC(Cc2ccccc2)CO1. The largest absolute Gasteiger partial charge is 0.479 e. The Balaban J connectivity index is 1.84. The van der Waals surface area contributed by atoms with Gasteiger partial charge in [-0.05, 0) is 5.56 Å². The standard InChI is InChI=1S/C12H14O4/c13-12(14)11-8-15-10(7-16-11)6-9-4-2-1-3-5-9/h1-5,10-11H,6-8H2,(H,13,14). The van der Waals surface area contributed by atoms with Crippen molar-refractivity contribution in [1.82, 2.24) is 0 Å². The quantitative estimate of drug-likeness (QED) is 0.832. The summed E-state index contributed by atoms with van der Waals surface area (Å²) in [7, 11) is 0. The molecule has 2 atom stereocenters. The third kappa shape index (κ3) is 2.81. The van der Waals surface area contributed by atoms with Gasteiger partial charge in [0.1, 0.15) is 0 Å². The molecule has 1 aliphatic heterocycles. The van der Waals surface area contributed by atoms with Crippen LogP contribution in [0.3, 0.4) is 0 Å². The van der Waals surface area contributed by atoms with Gasteiger partial charge in [0.05, 0.1) is 19.3 Å². The highest BCUT2D eigenvalue weighted by atomic mass is 16.6. The van der Waals surface area contributed by atoms with Crippen LogP contribution in [0.5, 0.6) is 0 Å². The third-order valence-electron chi connectivity index (χ3n) is 2.55. The second-order valence-electron chi connectivity index (χ2n) is 3.81. The summed E-state index contributed by atoms with van der Waals surface area (Å²) in [6.45, 7) is 0.471. The van der Waals surface area contributed by atoms with Gasteiger partial charge in [-0.1, -0.05) is 30.3 Å². The second kappa shape index (κ2) is 5.09. The van der Waals surface area contributed by atoms with Crippen LogP contribution in [-0.4, -0.2) is 36.5 Å². The van der Waals surface area contributed by atoms with Crippen molar-refractivity contribution in [2.24, 2.45) is 0 Å². The maximum Gasteiger partial charge on any atom is 0.335 e. The molecule has 1 aromatic rings. The zero-order valence-electron chi connectivity index (χ0n) is 8.83. The smallest absolute Gasteiger partial charge is 0.335 e. The van der Waals surface area contributed by atoms with Crippen LogP contribution in [0.1, 0.15) is 5.56 Å². The predicted molar refractivity (Wildman–Crippen MR) is 57.3 cm³/mol. The highest BCUT2D eigenvalue weighted by Crippen LogP contribution is 2.12. The number of rotatable bonds is 3. The molecule has 0 amide bonds. The minimum absolute atomic E-state index is 0.0435. The Morgan fingerprint density at radius 1 is 1.25 bits per heavy atom. The Morgan fingerprint density at radius 2 is 2.00 bits per heavy atom. The summed E-state index contributed by atoms with van der Waals surface area (Å²) >= 11 is 0. The van der Waals surface area contributed by atoms with E-state index in [1.807, 2.05) is 30.3 Å². The van der Waals surface area contributed by atoms with Gasteiger partial charge in [-0.2, -0.15) is 0 Å². The second-order valence-corrected chi connectivity index (χ2v) is 3.81. The summed E-state index contributed by atoms with van der Waals surface area (Å²) in [4.78, 5) is 10.6. The van der Waals surface area contributed by atoms with Gasteiger partial charge < -0.3 is 14.6 Å². The summed E-state index contributed by atoms with van der Waals surface area (Å²) in [5.74, 6) is -0.960. The lowest BCUT2D eigenvalue weighted by molar-refractivity contribution is -0.174. The molecule has 0 radical (unpaired) electrons. The number of hydrogen-bond donors (Lipinski definition) is 1. The topological polar surface area (TPSA) is 55.8 Å². The minimum atomic E-state index is -0.960. The van der Waals surface area contributed by atoms with Crippen LogP contribution in [0, 0.1) is 0 Å². The zero-order chi connectivity index (χ0) is 11.4. The van der Waals surface area contributed by atoms with E-state index in [4.69, 9.17) is 14.6 Å². The fourth-order valence-electron chi connectivity index (χ4n) is 1.68. The average Bonchev–Trinajstić information content (AvgIpc) is 2.31. The van der Waals surface area contributed by atoms with Crippen molar-refractivity contribution in [3.8, 4) is 0 Å². The molecule has 2 unspecified atom stereocenters. The molecular weight excluding hydrogens is 208 g/mol. The Hall–Kier alpha value is -1.39. The van der Waals surface area contributed by atoms with E-state index in [0.717, 1.165) is 6.42 Å². The van der Waals surface area contributed by atoms with Gasteiger partial charge in [-0.15, -0.1) is 0 Å². The Labute approximate surface area is 93.8 Å². The number of carbonyl (C=O) groups is 1. The van der Waals surface area contributed by atoms with E-state index in [2.05, 4.69) is 0 Å². The normalized spacial score (nSPS) is 25.2. The van der Waals surface area contributed by atoms with E-state index in [-0.39, 0.29) is 12.7 Å². The molecule has 0 aromatic heterocycles. The minimum Gasteiger partial charge on any atom is -0.479 e. The Kier molecular flexibility index (Phi) is 3.54. The molecule has 0 aliphatic carbocycles. The van der Waals surface area contributed by atoms with Crippen molar-refractivity contribution < 1.29 is 19.4 Å². The van der Waals surface area contributed by atoms with Gasteiger partial charge in [0, 0.05) is 6.42 Å². The van der Waals surface area contributed by atoms with Crippen molar-refractivity contribution in [3.63, 3.8) is 0 Å². The molecule has 16 heavy (non-hydrogen) atoms. The lowest BCUT2D eigenvalue weighted by Crippen LogP contribution is -2.41. The maximum atomic E-state index is 10.6. The number of carboxylic acids is 1. The molecule has 4 heteroatoms. The molecule has 1 aliphatic rings. The molecule has 86 valence electrons. The van der Waals surface area contributed by atoms with Gasteiger partial charge >= 0.3 is 5.97 Å². The van der Waals surface area contributed by atoms with E-state index in [0.29, 0.717) is 6.61 Å². The fraction of sp³-hybridized carbons (Fsp3) is 0.417. The molecule has 0 saturated carbocycles. The summed E-state index contributed by atoms with van der Waals surface area (Å²) in [6.07, 6.45) is -0.0993. The maximum absolute atomic E-state index is 10.6. The van der Waals surface area contributed by atoms with E-state index in [9.17, 15) is 4.79 Å². The summed E-state index contributed by atoms with van der Waals surface area (Å²) in [5, 5.41) is 8.71. The van der Waals surface area contributed by atoms with Crippen LogP contribution in [0.4, 0.5) is 0 Å². The predicted octanol–water partition coefficient (Wildman–Crippen LogP) is 1.10. The molecule has 1 N–H and O–H groups in total. The van der Waals surface area contributed by atoms with Crippen molar-refractivity contribution >= 4 is 5.97 Å². The monoisotopic (exact) mass is 222 g/mol. The lowest BCUT2D eigenvalue weighted by atomic mass is 10.1. The third-order valence-corrected chi connectivity index (χ3v) is 2.55. The number of benzene rings is 1. The first kappa shape index (κ1) is 11.1. The fourth-order valence-corrected chi connectivity index (χ4v) is 1.68. The number of carboxylic acid groups (broad SMARTS) is 1. The molecule has 2 rings (SSSR count). The van der Waals surface area contributed by atoms with E-state index < -0.39 is 12.1 Å². The van der Waals surface area contributed by atoms with E-state index >= 15 is 0 Å². The molecule has 0 bridgehead atoms. The van der Waals surface area contributed by atoms with E-state index in [1.165, 1.54) is 5.56 Å². The van der Waals surface area contributed by atoms with E-state index in [1.54, 1.807) is 0 Å². The van der Waals surface area contributed by atoms with Gasteiger partial charge in [0.2, 0.25) is 0 Å². The molecule has 1 fully saturated rings. The summed E-state index contributed by atoms with van der Waals surface area (Å²) in [5.41, 5.74) is 1.17. The van der Waals surface area contributed by atoms with Gasteiger partial charge in [-0.3, -0.25) is 0 Å².